The van der Waals surface area contributed by atoms with Crippen molar-refractivity contribution in [3.63, 3.8) is 0 Å². The number of piperidine rings is 1. The van der Waals surface area contributed by atoms with E-state index in [4.69, 9.17) is 15.5 Å². The number of hydrogen-bond donors (Lipinski definition) is 3. The van der Waals surface area contributed by atoms with Crippen molar-refractivity contribution in [2.24, 2.45) is 0 Å². The number of nitrogens with zero attached hydrogens (tertiary/aromatic N) is 4. The lowest BCUT2D eigenvalue weighted by Crippen LogP contribution is -2.44. The highest BCUT2D eigenvalue weighted by Gasteiger charge is 2.24. The van der Waals surface area contributed by atoms with Gasteiger partial charge in [-0.1, -0.05) is 24.3 Å². The van der Waals surface area contributed by atoms with Gasteiger partial charge >= 0.3 is 6.09 Å². The van der Waals surface area contributed by atoms with Crippen molar-refractivity contribution in [2.75, 3.05) is 24.1 Å². The number of ether oxygens (including phenoxy) is 1. The summed E-state index contributed by atoms with van der Waals surface area (Å²) in [5, 5.41) is 14.4. The number of amides is 1. The van der Waals surface area contributed by atoms with Crippen molar-refractivity contribution in [1.82, 2.24) is 19.9 Å². The third kappa shape index (κ3) is 4.90. The molecule has 5 rings (SSSR count). The fraction of sp³-hybridized carbons (Fsp3) is 0.231. The van der Waals surface area contributed by atoms with Crippen molar-refractivity contribution < 1.29 is 14.6 Å². The second-order valence-corrected chi connectivity index (χ2v) is 9.66. The Kier molecular flexibility index (Phi) is 6.60. The molecule has 4 N–H and O–H groups in total. The van der Waals surface area contributed by atoms with Crippen LogP contribution in [0.15, 0.2) is 59.3 Å². The molecule has 1 atom stereocenters. The quantitative estimate of drug-likeness (QED) is 0.271. The largest absolute Gasteiger partial charge is 0.465 e. The highest BCUT2D eigenvalue weighted by atomic mass is 79.9. The zero-order chi connectivity index (χ0) is 25.2. The summed E-state index contributed by atoms with van der Waals surface area (Å²) in [5.41, 5.74) is 9.13. The van der Waals surface area contributed by atoms with Gasteiger partial charge < -0.3 is 25.8 Å². The zero-order valence-electron chi connectivity index (χ0n) is 19.6. The van der Waals surface area contributed by atoms with Crippen LogP contribution in [0.5, 0.6) is 11.6 Å². The number of pyridine rings is 1. The molecule has 0 bridgehead atoms. The van der Waals surface area contributed by atoms with Crippen LogP contribution in [0.25, 0.3) is 22.0 Å². The SMILES string of the molecule is Cc1ccc2c(N)cccc2c1Oc1ncc(Br)cc1-c1ccnc(NC2CCCN(C(=O)O)C2)n1. The molecule has 1 aliphatic rings. The maximum Gasteiger partial charge on any atom is 0.407 e. The molecule has 4 aromatic rings. The maximum absolute atomic E-state index is 11.4. The molecule has 1 amide bonds. The molecule has 2 aromatic carbocycles. The van der Waals surface area contributed by atoms with E-state index in [0.717, 1.165) is 33.7 Å². The normalized spacial score (nSPS) is 15.6. The van der Waals surface area contributed by atoms with E-state index >= 15 is 0 Å². The van der Waals surface area contributed by atoms with E-state index in [0.29, 0.717) is 47.6 Å². The molecule has 0 aliphatic carbocycles. The first kappa shape index (κ1) is 23.8. The van der Waals surface area contributed by atoms with Crippen LogP contribution < -0.4 is 15.8 Å². The molecule has 9 nitrogen and oxygen atoms in total. The summed E-state index contributed by atoms with van der Waals surface area (Å²) < 4.78 is 7.19. The van der Waals surface area contributed by atoms with Gasteiger partial charge in [-0.3, -0.25) is 0 Å². The Morgan fingerprint density at radius 3 is 2.92 bits per heavy atom. The van der Waals surface area contributed by atoms with E-state index in [1.807, 2.05) is 43.3 Å². The summed E-state index contributed by atoms with van der Waals surface area (Å²) in [4.78, 5) is 26.4. The number of carboxylic acid groups (broad SMARTS) is 1. The standard InChI is InChI=1S/C26H25BrN6O3/c1-15-7-8-18-19(5-2-6-21(18)28)23(15)36-24-20(12-16(27)13-30-24)22-9-10-29-25(32-22)31-17-4-3-11-33(14-17)26(34)35/h2,5-10,12-13,17H,3-4,11,14,28H2,1H3,(H,34,35)(H,29,31,32). The van der Waals surface area contributed by atoms with E-state index in [-0.39, 0.29) is 6.04 Å². The minimum atomic E-state index is -0.913. The Balaban J connectivity index is 1.48. The molecule has 1 aliphatic heterocycles. The first-order valence-electron chi connectivity index (χ1n) is 11.6. The Hall–Kier alpha value is -3.92. The molecule has 1 saturated heterocycles. The number of aryl methyl sites for hydroxylation is 1. The highest BCUT2D eigenvalue weighted by Crippen LogP contribution is 2.38. The van der Waals surface area contributed by atoms with Gasteiger partial charge in [-0.2, -0.15) is 0 Å². The van der Waals surface area contributed by atoms with Gasteiger partial charge in [0.1, 0.15) is 5.75 Å². The van der Waals surface area contributed by atoms with Gasteiger partial charge in [0, 0.05) is 52.5 Å². The molecular weight excluding hydrogens is 524 g/mol. The highest BCUT2D eigenvalue weighted by molar-refractivity contribution is 9.10. The van der Waals surface area contributed by atoms with Crippen LogP contribution in [-0.4, -0.2) is 50.2 Å². The summed E-state index contributed by atoms with van der Waals surface area (Å²) in [6.07, 6.45) is 4.05. The van der Waals surface area contributed by atoms with Crippen molar-refractivity contribution in [1.29, 1.82) is 0 Å². The van der Waals surface area contributed by atoms with Crippen LogP contribution in [-0.2, 0) is 0 Å². The van der Waals surface area contributed by atoms with Gasteiger partial charge in [-0.15, -0.1) is 0 Å². The first-order chi connectivity index (χ1) is 17.4. The number of fused-ring (bicyclic) bond motifs is 1. The molecule has 184 valence electrons. The lowest BCUT2D eigenvalue weighted by Gasteiger charge is -2.31. The first-order valence-corrected chi connectivity index (χ1v) is 12.4. The van der Waals surface area contributed by atoms with Crippen molar-refractivity contribution >= 4 is 44.4 Å². The number of likely N-dealkylation sites (tertiary alicyclic amines) is 1. The van der Waals surface area contributed by atoms with Crippen molar-refractivity contribution in [2.45, 2.75) is 25.8 Å². The molecule has 36 heavy (non-hydrogen) atoms. The number of aromatic nitrogens is 3. The van der Waals surface area contributed by atoms with Gasteiger partial charge in [-0.05, 0) is 59.5 Å². The number of nitrogens with one attached hydrogen (secondary N) is 1. The second kappa shape index (κ2) is 9.98. The summed E-state index contributed by atoms with van der Waals surface area (Å²) in [7, 11) is 0. The van der Waals surface area contributed by atoms with E-state index in [9.17, 15) is 9.90 Å². The number of anilines is 2. The average Bonchev–Trinajstić information content (AvgIpc) is 2.87. The maximum atomic E-state index is 11.4. The minimum Gasteiger partial charge on any atom is -0.465 e. The summed E-state index contributed by atoms with van der Waals surface area (Å²) in [6.45, 7) is 2.91. The topological polar surface area (TPSA) is 126 Å². The van der Waals surface area contributed by atoms with E-state index in [2.05, 4.69) is 31.2 Å². The molecule has 3 heterocycles. The summed E-state index contributed by atoms with van der Waals surface area (Å²) in [5.74, 6) is 1.50. The summed E-state index contributed by atoms with van der Waals surface area (Å²) >= 11 is 3.51. The van der Waals surface area contributed by atoms with E-state index in [1.165, 1.54) is 4.90 Å². The van der Waals surface area contributed by atoms with Crippen LogP contribution in [0.3, 0.4) is 0 Å². The number of rotatable bonds is 5. The van der Waals surface area contributed by atoms with Gasteiger partial charge in [0.25, 0.3) is 0 Å². The third-order valence-corrected chi connectivity index (χ3v) is 6.65. The molecule has 1 unspecified atom stereocenters. The number of benzene rings is 2. The Morgan fingerprint density at radius 2 is 2.08 bits per heavy atom. The molecule has 2 aromatic heterocycles. The van der Waals surface area contributed by atoms with Crippen molar-refractivity contribution in [3.8, 4) is 22.9 Å². The van der Waals surface area contributed by atoms with Gasteiger partial charge in [-0.25, -0.2) is 19.7 Å². The van der Waals surface area contributed by atoms with Gasteiger partial charge in [0.15, 0.2) is 0 Å². The van der Waals surface area contributed by atoms with Crippen LogP contribution in [0.1, 0.15) is 18.4 Å². The van der Waals surface area contributed by atoms with Crippen LogP contribution in [0, 0.1) is 6.92 Å². The molecule has 0 spiro atoms. The van der Waals surface area contributed by atoms with Gasteiger partial charge in [0.05, 0.1) is 11.3 Å². The van der Waals surface area contributed by atoms with E-state index < -0.39 is 6.09 Å². The van der Waals surface area contributed by atoms with E-state index in [1.54, 1.807) is 18.5 Å². The lowest BCUT2D eigenvalue weighted by atomic mass is 10.0. The second-order valence-electron chi connectivity index (χ2n) is 8.74. The van der Waals surface area contributed by atoms with Crippen LogP contribution in [0.2, 0.25) is 0 Å². The number of nitrogens with two attached hydrogens (primary N) is 1. The van der Waals surface area contributed by atoms with Crippen LogP contribution in [0.4, 0.5) is 16.4 Å². The predicted octanol–water partition coefficient (Wildman–Crippen LogP) is 5.69. The molecule has 1 fully saturated rings. The molecule has 10 heteroatoms. The fourth-order valence-electron chi connectivity index (χ4n) is 4.42. The minimum absolute atomic E-state index is 0.0646. The number of hydrogen-bond acceptors (Lipinski definition) is 7. The number of nitrogen functional groups attached to an aromatic ring is 1. The third-order valence-electron chi connectivity index (χ3n) is 6.22. The molecule has 0 saturated carbocycles. The molecule has 0 radical (unpaired) electrons. The fourth-order valence-corrected chi connectivity index (χ4v) is 4.75. The Labute approximate surface area is 216 Å². The van der Waals surface area contributed by atoms with Crippen LogP contribution >= 0.6 is 15.9 Å². The predicted molar refractivity (Wildman–Crippen MR) is 142 cm³/mol. The zero-order valence-corrected chi connectivity index (χ0v) is 21.2. The number of halogens is 1. The Bertz CT molecular complexity index is 1450. The smallest absolute Gasteiger partial charge is 0.407 e. The Morgan fingerprint density at radius 1 is 1.22 bits per heavy atom. The average molecular weight is 549 g/mol. The summed E-state index contributed by atoms with van der Waals surface area (Å²) in [6, 6.07) is 13.3. The molecular formula is C26H25BrN6O3. The monoisotopic (exact) mass is 548 g/mol. The lowest BCUT2D eigenvalue weighted by molar-refractivity contribution is 0.132. The number of carbonyl (C=O) groups is 1. The van der Waals surface area contributed by atoms with Gasteiger partial charge in [0.2, 0.25) is 11.8 Å². The van der Waals surface area contributed by atoms with Crippen molar-refractivity contribution in [3.05, 3.63) is 64.9 Å².